The third-order valence-electron chi connectivity index (χ3n) is 3.17. The molecule has 1 saturated heterocycles. The Morgan fingerprint density at radius 1 is 1.38 bits per heavy atom. The summed E-state index contributed by atoms with van der Waals surface area (Å²) in [4.78, 5) is 29.5. The van der Waals surface area contributed by atoms with Gasteiger partial charge in [-0.1, -0.05) is 0 Å². The smallest absolute Gasteiger partial charge is 0.329 e. The highest BCUT2D eigenvalue weighted by atomic mass is 19.1. The predicted molar refractivity (Wildman–Crippen MR) is 74.1 cm³/mol. The van der Waals surface area contributed by atoms with Crippen molar-refractivity contribution in [2.75, 3.05) is 6.54 Å². The Labute approximate surface area is 123 Å². The number of likely N-dealkylation sites (tertiary alicyclic amines) is 1. The highest BCUT2D eigenvalue weighted by Gasteiger charge is 2.37. The molecule has 1 aromatic heterocycles. The standard InChI is InChI=1S/C15H19FN2O3/c1-15(2,3)21-14(20)11-5-4-8-18(11)13(19)10-6-7-12(16)17-9-10/h6-7,9,11H,4-5,8H2,1-3H3/t11-/m0/s1. The third kappa shape index (κ3) is 3.77. The number of aromatic nitrogens is 1. The highest BCUT2D eigenvalue weighted by Crippen LogP contribution is 2.23. The number of ether oxygens (including phenoxy) is 1. The SMILES string of the molecule is CC(C)(C)OC(=O)[C@@H]1CCCN1C(=O)c1ccc(F)nc1. The Kier molecular flexibility index (Phi) is 4.25. The zero-order valence-corrected chi connectivity index (χ0v) is 12.4. The number of rotatable bonds is 2. The van der Waals surface area contributed by atoms with Crippen LogP contribution in [0, 0.1) is 5.95 Å². The molecule has 1 aliphatic heterocycles. The summed E-state index contributed by atoms with van der Waals surface area (Å²) in [5.74, 6) is -1.36. The van der Waals surface area contributed by atoms with Crippen LogP contribution in [0.1, 0.15) is 44.0 Å². The first-order chi connectivity index (χ1) is 9.78. The number of amides is 1. The van der Waals surface area contributed by atoms with Crippen molar-refractivity contribution in [3.63, 3.8) is 0 Å². The molecule has 0 bridgehead atoms. The van der Waals surface area contributed by atoms with E-state index < -0.39 is 23.6 Å². The van der Waals surface area contributed by atoms with Crippen molar-refractivity contribution in [1.82, 2.24) is 9.88 Å². The van der Waals surface area contributed by atoms with Crippen LogP contribution in [0.4, 0.5) is 4.39 Å². The molecule has 0 saturated carbocycles. The molecule has 114 valence electrons. The molecule has 1 aromatic rings. The van der Waals surface area contributed by atoms with Gasteiger partial charge in [0.15, 0.2) is 0 Å². The first-order valence-corrected chi connectivity index (χ1v) is 6.93. The topological polar surface area (TPSA) is 59.5 Å². The second-order valence-electron chi connectivity index (χ2n) is 6.06. The van der Waals surface area contributed by atoms with Crippen LogP contribution in [-0.4, -0.2) is 39.9 Å². The van der Waals surface area contributed by atoms with Gasteiger partial charge >= 0.3 is 5.97 Å². The van der Waals surface area contributed by atoms with E-state index in [1.807, 2.05) is 0 Å². The number of halogens is 1. The molecule has 1 atom stereocenters. The predicted octanol–water partition coefficient (Wildman–Crippen LogP) is 2.17. The minimum atomic E-state index is -0.642. The number of carbonyl (C=O) groups excluding carboxylic acids is 2. The normalized spacial score (nSPS) is 18.7. The summed E-state index contributed by atoms with van der Waals surface area (Å²) in [6, 6.07) is 1.92. The number of nitrogens with zero attached hydrogens (tertiary/aromatic N) is 2. The van der Waals surface area contributed by atoms with Gasteiger partial charge in [0.25, 0.3) is 5.91 Å². The van der Waals surface area contributed by atoms with Crippen molar-refractivity contribution in [3.8, 4) is 0 Å². The van der Waals surface area contributed by atoms with E-state index in [0.29, 0.717) is 13.0 Å². The van der Waals surface area contributed by atoms with Crippen molar-refractivity contribution in [2.45, 2.75) is 45.3 Å². The fraction of sp³-hybridized carbons (Fsp3) is 0.533. The third-order valence-corrected chi connectivity index (χ3v) is 3.17. The monoisotopic (exact) mass is 294 g/mol. The molecule has 1 aliphatic rings. The van der Waals surface area contributed by atoms with Crippen molar-refractivity contribution < 1.29 is 18.7 Å². The Hall–Kier alpha value is -1.98. The lowest BCUT2D eigenvalue weighted by atomic mass is 10.1. The molecule has 0 spiro atoms. The van der Waals surface area contributed by atoms with Gasteiger partial charge in [-0.3, -0.25) is 4.79 Å². The maximum atomic E-state index is 12.8. The number of hydrogen-bond acceptors (Lipinski definition) is 4. The van der Waals surface area contributed by atoms with E-state index in [1.54, 1.807) is 20.8 Å². The van der Waals surface area contributed by atoms with E-state index in [1.165, 1.54) is 17.2 Å². The molecule has 0 aliphatic carbocycles. The maximum Gasteiger partial charge on any atom is 0.329 e. The molecule has 0 unspecified atom stereocenters. The second-order valence-corrected chi connectivity index (χ2v) is 6.06. The molecule has 2 rings (SSSR count). The molecule has 0 radical (unpaired) electrons. The second kappa shape index (κ2) is 5.79. The van der Waals surface area contributed by atoms with Crippen molar-refractivity contribution in [2.24, 2.45) is 0 Å². The summed E-state index contributed by atoms with van der Waals surface area (Å²) in [5, 5.41) is 0. The lowest BCUT2D eigenvalue weighted by Crippen LogP contribution is -2.43. The Bertz CT molecular complexity index is 537. The fourth-order valence-corrected chi connectivity index (χ4v) is 2.29. The van der Waals surface area contributed by atoms with Crippen LogP contribution in [-0.2, 0) is 9.53 Å². The molecular weight excluding hydrogens is 275 g/mol. The first kappa shape index (κ1) is 15.4. The molecule has 21 heavy (non-hydrogen) atoms. The van der Waals surface area contributed by atoms with Crippen LogP contribution in [0.25, 0.3) is 0 Å². The van der Waals surface area contributed by atoms with E-state index in [4.69, 9.17) is 4.74 Å². The Morgan fingerprint density at radius 3 is 2.67 bits per heavy atom. The number of carbonyl (C=O) groups is 2. The highest BCUT2D eigenvalue weighted by molar-refractivity contribution is 5.96. The number of pyridine rings is 1. The molecule has 0 N–H and O–H groups in total. The van der Waals surface area contributed by atoms with Crippen LogP contribution >= 0.6 is 0 Å². The van der Waals surface area contributed by atoms with Crippen molar-refractivity contribution >= 4 is 11.9 Å². The fourth-order valence-electron chi connectivity index (χ4n) is 2.29. The summed E-state index contributed by atoms with van der Waals surface area (Å²) in [6.07, 6.45) is 2.50. The van der Waals surface area contributed by atoms with Crippen LogP contribution in [0.15, 0.2) is 18.3 Å². The summed E-state index contributed by atoms with van der Waals surface area (Å²) >= 11 is 0. The molecular formula is C15H19FN2O3. The zero-order valence-electron chi connectivity index (χ0n) is 12.4. The van der Waals surface area contributed by atoms with E-state index >= 15 is 0 Å². The summed E-state index contributed by atoms with van der Waals surface area (Å²) in [7, 11) is 0. The van der Waals surface area contributed by atoms with E-state index in [0.717, 1.165) is 12.5 Å². The number of hydrogen-bond donors (Lipinski definition) is 0. The van der Waals surface area contributed by atoms with Gasteiger partial charge in [0, 0.05) is 12.7 Å². The molecule has 2 heterocycles. The van der Waals surface area contributed by atoms with Gasteiger partial charge in [-0.25, -0.2) is 9.78 Å². The van der Waals surface area contributed by atoms with Gasteiger partial charge in [-0.05, 0) is 45.7 Å². The van der Waals surface area contributed by atoms with E-state index in [-0.39, 0.29) is 11.5 Å². The van der Waals surface area contributed by atoms with Crippen LogP contribution < -0.4 is 0 Å². The van der Waals surface area contributed by atoms with Crippen LogP contribution in [0.3, 0.4) is 0 Å². The van der Waals surface area contributed by atoms with Gasteiger partial charge in [-0.15, -0.1) is 0 Å². The van der Waals surface area contributed by atoms with Crippen molar-refractivity contribution in [3.05, 3.63) is 29.8 Å². The molecule has 1 amide bonds. The van der Waals surface area contributed by atoms with E-state index in [2.05, 4.69) is 4.98 Å². The van der Waals surface area contributed by atoms with Crippen LogP contribution in [0.2, 0.25) is 0 Å². The van der Waals surface area contributed by atoms with Gasteiger partial charge in [0.05, 0.1) is 5.56 Å². The average molecular weight is 294 g/mol. The lowest BCUT2D eigenvalue weighted by Gasteiger charge is -2.27. The quantitative estimate of drug-likeness (QED) is 0.619. The molecule has 0 aromatic carbocycles. The average Bonchev–Trinajstić information content (AvgIpc) is 2.86. The summed E-state index contributed by atoms with van der Waals surface area (Å²) in [5.41, 5.74) is -0.321. The first-order valence-electron chi connectivity index (χ1n) is 6.93. The Morgan fingerprint density at radius 2 is 2.10 bits per heavy atom. The van der Waals surface area contributed by atoms with E-state index in [9.17, 15) is 14.0 Å². The van der Waals surface area contributed by atoms with Gasteiger partial charge < -0.3 is 9.64 Å². The van der Waals surface area contributed by atoms with Crippen molar-refractivity contribution in [1.29, 1.82) is 0 Å². The van der Waals surface area contributed by atoms with Gasteiger partial charge in [0.1, 0.15) is 11.6 Å². The molecule has 5 nitrogen and oxygen atoms in total. The molecule has 6 heteroatoms. The summed E-state index contributed by atoms with van der Waals surface area (Å²) in [6.45, 7) is 5.85. The minimum Gasteiger partial charge on any atom is -0.458 e. The largest absolute Gasteiger partial charge is 0.458 e. The lowest BCUT2D eigenvalue weighted by molar-refractivity contribution is -0.159. The van der Waals surface area contributed by atoms with Gasteiger partial charge in [0.2, 0.25) is 5.95 Å². The Balaban J connectivity index is 2.13. The maximum absolute atomic E-state index is 12.8. The van der Waals surface area contributed by atoms with Crippen LogP contribution in [0.5, 0.6) is 0 Å². The minimum absolute atomic E-state index is 0.270. The number of esters is 1. The zero-order chi connectivity index (χ0) is 15.6. The molecule has 1 fully saturated rings. The van der Waals surface area contributed by atoms with Gasteiger partial charge in [-0.2, -0.15) is 4.39 Å². The summed E-state index contributed by atoms with van der Waals surface area (Å²) < 4.78 is 18.2.